The van der Waals surface area contributed by atoms with Crippen LogP contribution in [0.15, 0.2) is 24.4 Å². The van der Waals surface area contributed by atoms with Gasteiger partial charge in [0.05, 0.1) is 24.2 Å². The Morgan fingerprint density at radius 1 is 1.32 bits per heavy atom. The van der Waals surface area contributed by atoms with Gasteiger partial charge in [-0.15, -0.1) is 0 Å². The van der Waals surface area contributed by atoms with Crippen molar-refractivity contribution in [3.8, 4) is 5.75 Å². The number of methoxy groups -OCH3 is 1. The number of hydroxylamine groups is 1. The predicted octanol–water partition coefficient (Wildman–Crippen LogP) is 4.97. The second-order valence-electron chi connectivity index (χ2n) is 9.66. The Kier molecular flexibility index (Phi) is 8.66. The minimum atomic E-state index is -0.610. The van der Waals surface area contributed by atoms with Crippen molar-refractivity contribution < 1.29 is 19.1 Å². The van der Waals surface area contributed by atoms with Gasteiger partial charge in [0.15, 0.2) is 0 Å². The molecule has 2 aliphatic rings. The van der Waals surface area contributed by atoms with Gasteiger partial charge in [-0.3, -0.25) is 15.0 Å². The first-order valence-corrected chi connectivity index (χ1v) is 13.5. The molecule has 0 unspecified atom stereocenters. The van der Waals surface area contributed by atoms with E-state index in [1.54, 1.807) is 7.11 Å². The largest absolute Gasteiger partial charge is 0.497 e. The van der Waals surface area contributed by atoms with Crippen molar-refractivity contribution in [1.82, 2.24) is 15.4 Å². The van der Waals surface area contributed by atoms with Crippen LogP contribution in [0.3, 0.4) is 0 Å². The zero-order valence-corrected chi connectivity index (χ0v) is 20.8. The quantitative estimate of drug-likeness (QED) is 0.363. The highest BCUT2D eigenvalue weighted by molar-refractivity contribution is 7.99. The maximum atomic E-state index is 14.7. The van der Waals surface area contributed by atoms with Crippen LogP contribution in [0.25, 0.3) is 10.9 Å². The fraction of sp³-hybridized carbons (Fsp3) is 0.615. The van der Waals surface area contributed by atoms with Gasteiger partial charge in [-0.05, 0) is 81.8 Å². The number of carbonyl (C=O) groups excluding carboxylic acids is 1. The Labute approximate surface area is 205 Å². The zero-order chi connectivity index (χ0) is 24.0. The van der Waals surface area contributed by atoms with Gasteiger partial charge in [-0.1, -0.05) is 12.8 Å². The summed E-state index contributed by atoms with van der Waals surface area (Å²) in [7, 11) is 1.59. The molecule has 1 saturated carbocycles. The number of likely N-dealkylation sites (tertiary alicyclic amines) is 1. The van der Waals surface area contributed by atoms with Gasteiger partial charge < -0.3 is 9.64 Å². The molecule has 1 aromatic carbocycles. The van der Waals surface area contributed by atoms with Crippen molar-refractivity contribution in [1.29, 1.82) is 0 Å². The van der Waals surface area contributed by atoms with Crippen molar-refractivity contribution in [2.75, 3.05) is 32.5 Å². The summed E-state index contributed by atoms with van der Waals surface area (Å²) in [6.45, 7) is 2.75. The molecular formula is C26H36FN3O3S. The number of ether oxygens (including phenoxy) is 1. The minimum absolute atomic E-state index is 0.311. The van der Waals surface area contributed by atoms with E-state index in [1.165, 1.54) is 31.9 Å². The topological polar surface area (TPSA) is 74.7 Å². The van der Waals surface area contributed by atoms with Crippen LogP contribution in [0.1, 0.15) is 56.9 Å². The lowest BCUT2D eigenvalue weighted by Crippen LogP contribution is -2.48. The molecule has 2 heterocycles. The molecule has 8 heteroatoms. The number of aromatic nitrogens is 1. The van der Waals surface area contributed by atoms with E-state index in [9.17, 15) is 14.4 Å². The number of piperidine rings is 1. The van der Waals surface area contributed by atoms with Crippen LogP contribution in [0.4, 0.5) is 4.39 Å². The Hall–Kier alpha value is -1.90. The number of fused-ring (bicyclic) bond motifs is 1. The van der Waals surface area contributed by atoms with Gasteiger partial charge >= 0.3 is 0 Å². The summed E-state index contributed by atoms with van der Waals surface area (Å²) in [5.41, 5.74) is 2.63. The standard InChI is InChI=1S/C26H36FN3O3S/c1-33-19-8-9-24-22(17-19)21(23(27)18-28-24)7-4-10-26(25(31)29-32)11-13-30(14-12-26)15-16-34-20-5-2-3-6-20/h8-9,17-18,20,32H,2-7,10-16H2,1H3,(H,29,31). The molecule has 4 rings (SSSR count). The number of carbonyl (C=O) groups is 1. The SMILES string of the molecule is COc1ccc2ncc(F)c(CCCC3(C(=O)NO)CCN(CCSC4CCCC4)CC3)c2c1. The molecule has 34 heavy (non-hydrogen) atoms. The number of rotatable bonds is 10. The fourth-order valence-electron chi connectivity index (χ4n) is 5.50. The maximum absolute atomic E-state index is 14.7. The molecule has 1 aliphatic carbocycles. The highest BCUT2D eigenvalue weighted by Gasteiger charge is 2.40. The van der Waals surface area contributed by atoms with E-state index in [-0.39, 0.29) is 11.7 Å². The molecule has 2 N–H and O–H groups in total. The molecular weight excluding hydrogens is 453 g/mol. The first-order chi connectivity index (χ1) is 16.5. The van der Waals surface area contributed by atoms with Crippen molar-refractivity contribution in [3.63, 3.8) is 0 Å². The monoisotopic (exact) mass is 489 g/mol. The summed E-state index contributed by atoms with van der Waals surface area (Å²) in [6.07, 6.45) is 9.88. The average Bonchev–Trinajstić information content (AvgIpc) is 3.39. The maximum Gasteiger partial charge on any atom is 0.249 e. The molecule has 0 bridgehead atoms. The third-order valence-corrected chi connectivity index (χ3v) is 9.04. The third-order valence-electron chi connectivity index (χ3n) is 7.68. The summed E-state index contributed by atoms with van der Waals surface area (Å²) in [5.74, 6) is 1.16. The lowest BCUT2D eigenvalue weighted by atomic mass is 9.73. The normalized spacial score (nSPS) is 18.9. The first-order valence-electron chi connectivity index (χ1n) is 12.4. The first kappa shape index (κ1) is 25.2. The number of thioether (sulfide) groups is 1. The van der Waals surface area contributed by atoms with E-state index in [4.69, 9.17) is 4.74 Å². The zero-order valence-electron chi connectivity index (χ0n) is 20.0. The summed E-state index contributed by atoms with van der Waals surface area (Å²) in [4.78, 5) is 19.3. The van der Waals surface area contributed by atoms with Crippen LogP contribution in [0, 0.1) is 11.2 Å². The van der Waals surface area contributed by atoms with E-state index in [0.717, 1.165) is 41.5 Å². The van der Waals surface area contributed by atoms with Gasteiger partial charge in [0, 0.05) is 22.9 Å². The molecule has 6 nitrogen and oxygen atoms in total. The van der Waals surface area contributed by atoms with Crippen molar-refractivity contribution in [2.45, 2.75) is 63.0 Å². The average molecular weight is 490 g/mol. The van der Waals surface area contributed by atoms with Crippen molar-refractivity contribution in [3.05, 3.63) is 35.8 Å². The van der Waals surface area contributed by atoms with Crippen LogP contribution in [0.5, 0.6) is 5.75 Å². The summed E-state index contributed by atoms with van der Waals surface area (Å²) >= 11 is 2.09. The van der Waals surface area contributed by atoms with Crippen molar-refractivity contribution >= 4 is 28.6 Å². The second kappa shape index (κ2) is 11.7. The number of pyridine rings is 1. The Morgan fingerprint density at radius 3 is 2.79 bits per heavy atom. The molecule has 1 amide bonds. The third kappa shape index (κ3) is 5.83. The number of hydrogen-bond donors (Lipinski definition) is 2. The predicted molar refractivity (Wildman–Crippen MR) is 134 cm³/mol. The molecule has 2 aromatic rings. The van der Waals surface area contributed by atoms with Gasteiger partial charge in [-0.25, -0.2) is 9.87 Å². The Bertz CT molecular complexity index is 975. The molecule has 186 valence electrons. The number of benzene rings is 1. The van der Waals surface area contributed by atoms with Gasteiger partial charge in [0.1, 0.15) is 11.6 Å². The number of halogens is 1. The molecule has 2 fully saturated rings. The fourth-order valence-corrected chi connectivity index (χ4v) is 6.87. The van der Waals surface area contributed by atoms with E-state index in [2.05, 4.69) is 21.6 Å². The lowest BCUT2D eigenvalue weighted by molar-refractivity contribution is -0.143. The van der Waals surface area contributed by atoms with Gasteiger partial charge in [-0.2, -0.15) is 11.8 Å². The summed E-state index contributed by atoms with van der Waals surface area (Å²) < 4.78 is 20.0. The van der Waals surface area contributed by atoms with Crippen LogP contribution < -0.4 is 10.2 Å². The van der Waals surface area contributed by atoms with Crippen LogP contribution in [0.2, 0.25) is 0 Å². The van der Waals surface area contributed by atoms with E-state index in [1.807, 2.05) is 23.7 Å². The Morgan fingerprint density at radius 2 is 2.09 bits per heavy atom. The van der Waals surface area contributed by atoms with Crippen LogP contribution in [-0.4, -0.2) is 58.7 Å². The highest BCUT2D eigenvalue weighted by atomic mass is 32.2. The minimum Gasteiger partial charge on any atom is -0.497 e. The molecule has 1 aliphatic heterocycles. The van der Waals surface area contributed by atoms with Crippen LogP contribution >= 0.6 is 11.8 Å². The Balaban J connectivity index is 1.35. The number of amides is 1. The molecule has 1 saturated heterocycles. The second-order valence-corrected chi connectivity index (χ2v) is 11.1. The summed E-state index contributed by atoms with van der Waals surface area (Å²) in [5, 5.41) is 11.0. The molecule has 0 radical (unpaired) electrons. The van der Waals surface area contributed by atoms with Crippen molar-refractivity contribution in [2.24, 2.45) is 5.41 Å². The number of nitrogens with one attached hydrogen (secondary N) is 1. The molecule has 0 atom stereocenters. The lowest BCUT2D eigenvalue weighted by Gasteiger charge is -2.40. The summed E-state index contributed by atoms with van der Waals surface area (Å²) in [6, 6.07) is 5.47. The van der Waals surface area contributed by atoms with Crippen LogP contribution in [-0.2, 0) is 11.2 Å². The number of aryl methyl sites for hydroxylation is 1. The van der Waals surface area contributed by atoms with E-state index < -0.39 is 5.41 Å². The van der Waals surface area contributed by atoms with Gasteiger partial charge in [0.2, 0.25) is 5.91 Å². The van der Waals surface area contributed by atoms with E-state index in [0.29, 0.717) is 43.4 Å². The molecule has 0 spiro atoms. The number of hydrogen-bond acceptors (Lipinski definition) is 6. The van der Waals surface area contributed by atoms with E-state index >= 15 is 0 Å². The highest BCUT2D eigenvalue weighted by Crippen LogP contribution is 2.38. The smallest absolute Gasteiger partial charge is 0.249 e. The van der Waals surface area contributed by atoms with Gasteiger partial charge in [0.25, 0.3) is 0 Å². The number of nitrogens with zero attached hydrogens (tertiary/aromatic N) is 2. The molecule has 1 aromatic heterocycles.